The van der Waals surface area contributed by atoms with Crippen LogP contribution >= 0.6 is 12.4 Å². The topological polar surface area (TPSA) is 26.0 Å². The Labute approximate surface area is 97.3 Å². The number of hydrogen-bond donors (Lipinski definition) is 1. The number of hydrogen-bond acceptors (Lipinski definition) is 1. The van der Waals surface area contributed by atoms with Gasteiger partial charge >= 0.3 is 0 Å². The molecule has 0 spiro atoms. The van der Waals surface area contributed by atoms with E-state index in [0.717, 1.165) is 24.7 Å². The van der Waals surface area contributed by atoms with Crippen LogP contribution in [0.25, 0.3) is 0 Å². The molecule has 0 bridgehead atoms. The highest BCUT2D eigenvalue weighted by Crippen LogP contribution is 2.27. The number of rotatable bonds is 0. The lowest BCUT2D eigenvalue weighted by atomic mass is 9.84. The summed E-state index contributed by atoms with van der Waals surface area (Å²) in [6.45, 7) is 4.67. The zero-order valence-electron chi connectivity index (χ0n) is 8.18. The van der Waals surface area contributed by atoms with E-state index >= 15 is 0 Å². The molecular weight excluding hydrogens is 194 g/mol. The molecule has 1 fully saturated rings. The highest BCUT2D eigenvalue weighted by atomic mass is 35.5. The van der Waals surface area contributed by atoms with Gasteiger partial charge in [0.05, 0.1) is 0 Å². The van der Waals surface area contributed by atoms with Crippen LogP contribution in [0.4, 0.5) is 0 Å². The van der Waals surface area contributed by atoms with Gasteiger partial charge in [-0.15, -0.1) is 12.4 Å². The first-order valence-electron chi connectivity index (χ1n) is 4.78. The highest BCUT2D eigenvalue weighted by molar-refractivity contribution is 5.85. The quantitative estimate of drug-likeness (QED) is 0.646. The Hall–Kier alpha value is 0.250. The van der Waals surface area contributed by atoms with Crippen LogP contribution in [0.2, 0.25) is 0 Å². The van der Waals surface area contributed by atoms with E-state index in [0.29, 0.717) is 0 Å². The fraction of sp³-hybridized carbons (Fsp3) is 0.917. The van der Waals surface area contributed by atoms with Gasteiger partial charge < -0.3 is 5.73 Å². The van der Waals surface area contributed by atoms with Crippen molar-refractivity contribution in [3.8, 4) is 0 Å². The monoisotopic (exact) mass is 222 g/mol. The van der Waals surface area contributed by atoms with Crippen molar-refractivity contribution in [3.05, 3.63) is 6.04 Å². The molecule has 14 heavy (non-hydrogen) atoms. The molecule has 0 aromatic rings. The van der Waals surface area contributed by atoms with Crippen molar-refractivity contribution >= 4 is 12.4 Å². The van der Waals surface area contributed by atoms with E-state index in [-0.39, 0.29) is 27.3 Å². The molecule has 0 aromatic heterocycles. The molecular formula is C12H29ClN. The summed E-state index contributed by atoms with van der Waals surface area (Å²) >= 11 is 0. The summed E-state index contributed by atoms with van der Waals surface area (Å²) in [5.74, 6) is 1.73. The molecule has 2 unspecified atom stereocenters. The average molecular weight is 223 g/mol. The van der Waals surface area contributed by atoms with Crippen LogP contribution < -0.4 is 5.73 Å². The van der Waals surface area contributed by atoms with Crippen LogP contribution in [0.1, 0.15) is 60.8 Å². The van der Waals surface area contributed by atoms with Gasteiger partial charge in [-0.05, 0) is 31.1 Å². The van der Waals surface area contributed by atoms with Crippen molar-refractivity contribution in [2.75, 3.05) is 0 Å². The zero-order valence-corrected chi connectivity index (χ0v) is 8.99. The van der Waals surface area contributed by atoms with Gasteiger partial charge in [0.15, 0.2) is 0 Å². The predicted octanol–water partition coefficient (Wildman–Crippen LogP) is 4.41. The Balaban J connectivity index is -0.000000403. The van der Waals surface area contributed by atoms with Crippen LogP contribution in [0.5, 0.6) is 0 Å². The first-order chi connectivity index (χ1) is 5.18. The van der Waals surface area contributed by atoms with E-state index in [2.05, 4.69) is 13.8 Å². The van der Waals surface area contributed by atoms with Crippen molar-refractivity contribution in [1.82, 2.24) is 0 Å². The van der Waals surface area contributed by atoms with Gasteiger partial charge in [-0.2, -0.15) is 0 Å². The fourth-order valence-corrected chi connectivity index (χ4v) is 2.12. The largest absolute Gasteiger partial charge is 0.324 e. The van der Waals surface area contributed by atoms with Crippen LogP contribution in [0.15, 0.2) is 0 Å². The van der Waals surface area contributed by atoms with Crippen molar-refractivity contribution in [3.63, 3.8) is 0 Å². The fourth-order valence-electron chi connectivity index (χ4n) is 2.12. The van der Waals surface area contributed by atoms with Gasteiger partial charge in [0.1, 0.15) is 0 Å². The summed E-state index contributed by atoms with van der Waals surface area (Å²) < 4.78 is 0. The normalized spacial score (nSPS) is 28.5. The lowest BCUT2D eigenvalue weighted by Gasteiger charge is -2.24. The maximum atomic E-state index is 5.86. The third-order valence-corrected chi connectivity index (χ3v) is 2.61. The predicted molar refractivity (Wildman–Crippen MR) is 69.6 cm³/mol. The number of nitrogens with two attached hydrogens (primary N) is 1. The standard InChI is InChI=1S/C10H20N.2CH4.ClH/c1-8-4-3-5-10(11)7-9(2)6-8;;;/h8-9H,3-7,11H2,1-2H3;2*1H4;1H. The second-order valence-corrected chi connectivity index (χ2v) is 4.20. The van der Waals surface area contributed by atoms with Crippen molar-refractivity contribution in [1.29, 1.82) is 0 Å². The lowest BCUT2D eigenvalue weighted by molar-refractivity contribution is 0.342. The van der Waals surface area contributed by atoms with E-state index in [4.69, 9.17) is 5.73 Å². The smallest absolute Gasteiger partial charge is 0.0339 e. The molecule has 1 aliphatic rings. The van der Waals surface area contributed by atoms with Gasteiger partial charge in [-0.1, -0.05) is 41.5 Å². The second-order valence-electron chi connectivity index (χ2n) is 4.20. The summed E-state index contributed by atoms with van der Waals surface area (Å²) in [4.78, 5) is 0. The molecule has 1 nitrogen and oxygen atoms in total. The van der Waals surface area contributed by atoms with Gasteiger partial charge in [0.25, 0.3) is 0 Å². The minimum Gasteiger partial charge on any atom is -0.324 e. The minimum atomic E-state index is 0. The van der Waals surface area contributed by atoms with E-state index in [1.54, 1.807) is 0 Å². The highest BCUT2D eigenvalue weighted by Gasteiger charge is 2.16. The first kappa shape index (κ1) is 19.8. The summed E-state index contributed by atoms with van der Waals surface area (Å²) in [6.07, 6.45) is 6.35. The Bertz CT molecular complexity index is 105. The molecule has 2 heteroatoms. The molecule has 2 N–H and O–H groups in total. The molecule has 0 aromatic carbocycles. The Morgan fingerprint density at radius 1 is 1.14 bits per heavy atom. The van der Waals surface area contributed by atoms with Crippen LogP contribution in [0.3, 0.4) is 0 Å². The SMILES string of the molecule is C.C.CC1CCC[C](N)CC(C)C1.Cl. The third-order valence-electron chi connectivity index (χ3n) is 2.61. The number of halogens is 1. The summed E-state index contributed by atoms with van der Waals surface area (Å²) in [5.41, 5.74) is 5.86. The molecule has 1 saturated carbocycles. The summed E-state index contributed by atoms with van der Waals surface area (Å²) in [7, 11) is 0. The van der Waals surface area contributed by atoms with Gasteiger partial charge in [-0.25, -0.2) is 0 Å². The maximum absolute atomic E-state index is 5.86. The van der Waals surface area contributed by atoms with E-state index in [1.807, 2.05) is 0 Å². The van der Waals surface area contributed by atoms with Gasteiger partial charge in [0, 0.05) is 6.04 Å². The molecule has 1 rings (SSSR count). The molecule has 0 heterocycles. The molecule has 0 saturated heterocycles. The minimum absolute atomic E-state index is 0. The van der Waals surface area contributed by atoms with E-state index in [9.17, 15) is 0 Å². The van der Waals surface area contributed by atoms with Crippen LogP contribution in [-0.2, 0) is 0 Å². The summed E-state index contributed by atoms with van der Waals surface area (Å²) in [6, 6.07) is 1.23. The van der Waals surface area contributed by atoms with Gasteiger partial charge in [-0.3, -0.25) is 0 Å². The Morgan fingerprint density at radius 3 is 2.29 bits per heavy atom. The van der Waals surface area contributed by atoms with Gasteiger partial charge in [0.2, 0.25) is 0 Å². The van der Waals surface area contributed by atoms with Crippen molar-refractivity contribution in [2.24, 2.45) is 17.6 Å². The second kappa shape index (κ2) is 9.79. The zero-order chi connectivity index (χ0) is 8.27. The van der Waals surface area contributed by atoms with Crippen LogP contribution in [0, 0.1) is 17.9 Å². The van der Waals surface area contributed by atoms with E-state index < -0.39 is 0 Å². The lowest BCUT2D eigenvalue weighted by Crippen LogP contribution is -2.18. The molecule has 1 radical (unpaired) electrons. The van der Waals surface area contributed by atoms with Crippen molar-refractivity contribution < 1.29 is 0 Å². The summed E-state index contributed by atoms with van der Waals surface area (Å²) in [5, 5.41) is 0. The van der Waals surface area contributed by atoms with E-state index in [1.165, 1.54) is 25.3 Å². The molecule has 2 atom stereocenters. The average Bonchev–Trinajstić information content (AvgIpc) is 1.83. The Kier molecular flexibility index (Phi) is 13.8. The van der Waals surface area contributed by atoms with Crippen molar-refractivity contribution in [2.45, 2.75) is 60.8 Å². The first-order valence-corrected chi connectivity index (χ1v) is 4.78. The molecule has 0 amide bonds. The molecule has 1 aliphatic carbocycles. The maximum Gasteiger partial charge on any atom is 0.0339 e. The molecule has 89 valence electrons. The molecule has 0 aliphatic heterocycles. The third kappa shape index (κ3) is 7.64. The Morgan fingerprint density at radius 2 is 1.71 bits per heavy atom. The van der Waals surface area contributed by atoms with Crippen LogP contribution in [-0.4, -0.2) is 0 Å².